The fourth-order valence-electron chi connectivity index (χ4n) is 9.19. The number of amides is 1. The molecule has 3 fully saturated rings. The van der Waals surface area contributed by atoms with E-state index in [0.29, 0.717) is 53.0 Å². The van der Waals surface area contributed by atoms with Crippen LogP contribution in [0.4, 0.5) is 0 Å². The van der Waals surface area contributed by atoms with E-state index in [0.717, 1.165) is 12.0 Å². The summed E-state index contributed by atoms with van der Waals surface area (Å²) in [7, 11) is 0. The van der Waals surface area contributed by atoms with E-state index in [1.165, 1.54) is 11.6 Å². The zero-order chi connectivity index (χ0) is 39.5. The zero-order valence-electron chi connectivity index (χ0n) is 32.6. The Morgan fingerprint density at radius 3 is 2.48 bits per heavy atom. The Labute approximate surface area is 318 Å². The van der Waals surface area contributed by atoms with Crippen LogP contribution in [0.3, 0.4) is 0 Å². The van der Waals surface area contributed by atoms with Crippen molar-refractivity contribution in [2.24, 2.45) is 29.4 Å². The summed E-state index contributed by atoms with van der Waals surface area (Å²) in [6.45, 7) is 15.6. The van der Waals surface area contributed by atoms with Crippen molar-refractivity contribution >= 4 is 23.5 Å². The molecule has 6 unspecified atom stereocenters. The van der Waals surface area contributed by atoms with Gasteiger partial charge in [-0.05, 0) is 85.3 Å². The smallest absolute Gasteiger partial charge is 0.246 e. The van der Waals surface area contributed by atoms with Gasteiger partial charge >= 0.3 is 0 Å². The van der Waals surface area contributed by atoms with Crippen molar-refractivity contribution in [3.63, 3.8) is 0 Å². The fraction of sp³-hybridized carbons (Fsp3) is 0.512. The molecular weight excluding hydrogens is 684 g/mol. The highest BCUT2D eigenvalue weighted by atomic mass is 16.5. The first kappa shape index (κ1) is 38.9. The molecule has 0 saturated heterocycles. The molecular formula is C43H54N4O7. The van der Waals surface area contributed by atoms with E-state index < -0.39 is 46.2 Å². The standard InChI is InChI=1S/C43H54N4O7/c1-22(2)10-9-15-41(8)16-14-26-35(49)32-34-33-31(29(21-44)39(45)47-34)28-20-30(24(5)6)43(33,54-37(32)27(36(26)53-41)12-11-23(3)4)42(52,38(28)50)17-13-25(7)40(51)46-18-19-48/h10-11,13-14,16,24,28,30-31,47-49,52H,9,12,15,17-20,45H2,1-8H3,(H,46,51)/b25-13-. The predicted molar refractivity (Wildman–Crippen MR) is 207 cm³/mol. The number of aliphatic hydroxyl groups is 2. The van der Waals surface area contributed by atoms with Gasteiger partial charge in [0.1, 0.15) is 28.7 Å². The lowest BCUT2D eigenvalue weighted by atomic mass is 9.43. The fourth-order valence-corrected chi connectivity index (χ4v) is 9.19. The molecule has 6 atom stereocenters. The van der Waals surface area contributed by atoms with Crippen molar-refractivity contribution in [3.05, 3.63) is 74.7 Å². The minimum Gasteiger partial charge on any atom is -0.506 e. The highest BCUT2D eigenvalue weighted by Gasteiger charge is 2.76. The number of ketones is 1. The molecule has 3 heterocycles. The van der Waals surface area contributed by atoms with Gasteiger partial charge in [0.2, 0.25) is 5.91 Å². The number of carbonyl (C=O) groups excluding carboxylic acids is 2. The Balaban J connectivity index is 1.65. The van der Waals surface area contributed by atoms with Crippen molar-refractivity contribution in [3.8, 4) is 23.3 Å². The summed E-state index contributed by atoms with van der Waals surface area (Å²) in [6, 6.07) is 2.24. The van der Waals surface area contributed by atoms with E-state index in [9.17, 15) is 30.2 Å². The van der Waals surface area contributed by atoms with Gasteiger partial charge in [0.15, 0.2) is 17.0 Å². The quantitative estimate of drug-likeness (QED) is 0.123. The number of phenols is 1. The highest BCUT2D eigenvalue weighted by Crippen LogP contribution is 2.68. The number of rotatable bonds is 11. The maximum atomic E-state index is 14.9. The monoisotopic (exact) mass is 738 g/mol. The van der Waals surface area contributed by atoms with Crippen LogP contribution in [0, 0.1) is 35.0 Å². The Bertz CT molecular complexity index is 2020. The van der Waals surface area contributed by atoms with Gasteiger partial charge in [-0.15, -0.1) is 0 Å². The summed E-state index contributed by atoms with van der Waals surface area (Å²) in [5.74, 6) is -2.39. The number of phenolic OH excluding ortho intramolecular Hbond substituents is 1. The van der Waals surface area contributed by atoms with Crippen molar-refractivity contribution < 1.29 is 34.4 Å². The van der Waals surface area contributed by atoms with E-state index in [1.54, 1.807) is 6.92 Å². The van der Waals surface area contributed by atoms with Gasteiger partial charge in [0.05, 0.1) is 35.1 Å². The Morgan fingerprint density at radius 1 is 1.15 bits per heavy atom. The molecule has 1 aromatic carbocycles. The number of aromatic hydroxyl groups is 1. The molecule has 0 radical (unpaired) electrons. The number of nitrogens with zero attached hydrogens (tertiary/aromatic N) is 1. The Morgan fingerprint density at radius 2 is 1.85 bits per heavy atom. The second-order valence-corrected chi connectivity index (χ2v) is 16.5. The molecule has 6 aliphatic rings. The second-order valence-electron chi connectivity index (χ2n) is 16.5. The molecule has 0 aromatic heterocycles. The van der Waals surface area contributed by atoms with Crippen LogP contribution in [-0.2, 0) is 16.0 Å². The molecule has 7 rings (SSSR count). The van der Waals surface area contributed by atoms with Gasteiger partial charge in [-0.1, -0.05) is 43.2 Å². The van der Waals surface area contributed by atoms with Crippen molar-refractivity contribution in [2.45, 2.75) is 104 Å². The molecule has 11 nitrogen and oxygen atoms in total. The number of hydrogen-bond donors (Lipinski definition) is 6. The maximum absolute atomic E-state index is 14.9. The molecule has 54 heavy (non-hydrogen) atoms. The molecule has 3 aliphatic heterocycles. The highest BCUT2D eigenvalue weighted by molar-refractivity contribution is 6.01. The van der Waals surface area contributed by atoms with Crippen LogP contribution in [0.25, 0.3) is 11.8 Å². The lowest BCUT2D eigenvalue weighted by molar-refractivity contribution is -0.209. The van der Waals surface area contributed by atoms with Gasteiger partial charge in [-0.3, -0.25) is 9.59 Å². The molecule has 1 spiro atoms. The van der Waals surface area contributed by atoms with E-state index >= 15 is 0 Å². The molecule has 2 bridgehead atoms. The molecule has 3 saturated carbocycles. The summed E-state index contributed by atoms with van der Waals surface area (Å²) >= 11 is 0. The number of nitriles is 1. The minimum absolute atomic E-state index is 0.0519. The van der Waals surface area contributed by atoms with Gasteiger partial charge in [-0.2, -0.15) is 5.26 Å². The van der Waals surface area contributed by atoms with E-state index in [-0.39, 0.29) is 54.0 Å². The number of dihydropyridines is 1. The van der Waals surface area contributed by atoms with E-state index in [4.69, 9.17) is 15.2 Å². The number of ether oxygens (including phenoxy) is 2. The van der Waals surface area contributed by atoms with Crippen LogP contribution < -0.4 is 25.8 Å². The third-order valence-electron chi connectivity index (χ3n) is 11.9. The first-order valence-electron chi connectivity index (χ1n) is 19.0. The third-order valence-corrected chi connectivity index (χ3v) is 11.9. The van der Waals surface area contributed by atoms with Crippen molar-refractivity contribution in [2.75, 3.05) is 13.2 Å². The average Bonchev–Trinajstić information content (AvgIpc) is 3.10. The average molecular weight is 739 g/mol. The molecule has 288 valence electrons. The van der Waals surface area contributed by atoms with Crippen LogP contribution in [0.2, 0.25) is 0 Å². The number of hydrogen-bond acceptors (Lipinski definition) is 10. The lowest BCUT2D eigenvalue weighted by Gasteiger charge is -2.65. The molecule has 1 aromatic rings. The minimum atomic E-state index is -2.19. The molecule has 7 N–H and O–H groups in total. The van der Waals surface area contributed by atoms with Gasteiger partial charge in [-0.25, -0.2) is 0 Å². The third kappa shape index (κ3) is 5.95. The molecule has 11 heteroatoms. The number of carbonyl (C=O) groups is 2. The van der Waals surface area contributed by atoms with Crippen molar-refractivity contribution in [1.82, 2.24) is 10.6 Å². The normalized spacial score (nSPS) is 29.0. The number of allylic oxidation sites excluding steroid dienone is 5. The summed E-state index contributed by atoms with van der Waals surface area (Å²) in [5.41, 5.74) is 7.04. The summed E-state index contributed by atoms with van der Waals surface area (Å²) in [5, 5.41) is 51.1. The number of Topliss-reactive ketones (excluding diaryl/α,β-unsaturated/α-hetero) is 1. The topological polar surface area (TPSA) is 187 Å². The number of nitrogens with two attached hydrogens (primary N) is 1. The number of nitrogens with one attached hydrogen (secondary N) is 2. The van der Waals surface area contributed by atoms with Gasteiger partial charge < -0.3 is 41.2 Å². The lowest BCUT2D eigenvalue weighted by Crippen LogP contribution is -2.78. The Kier molecular flexibility index (Phi) is 10.2. The first-order valence-corrected chi connectivity index (χ1v) is 19.0. The second kappa shape index (κ2) is 14.1. The van der Waals surface area contributed by atoms with Crippen LogP contribution >= 0.6 is 0 Å². The van der Waals surface area contributed by atoms with E-state index in [2.05, 4.69) is 36.6 Å². The molecule has 3 aliphatic carbocycles. The first-order chi connectivity index (χ1) is 25.5. The maximum Gasteiger partial charge on any atom is 0.246 e. The predicted octanol–water partition coefficient (Wildman–Crippen LogP) is 5.62. The summed E-state index contributed by atoms with van der Waals surface area (Å²) < 4.78 is 14.2. The zero-order valence-corrected chi connectivity index (χ0v) is 32.6. The molecule has 1 amide bonds. The number of aliphatic hydroxyl groups excluding tert-OH is 1. The van der Waals surface area contributed by atoms with Crippen LogP contribution in [0.15, 0.2) is 58.0 Å². The van der Waals surface area contributed by atoms with Gasteiger partial charge in [0.25, 0.3) is 0 Å². The summed E-state index contributed by atoms with van der Waals surface area (Å²) in [4.78, 5) is 27.8. The summed E-state index contributed by atoms with van der Waals surface area (Å²) in [6.07, 6.45) is 11.5. The largest absolute Gasteiger partial charge is 0.506 e. The SMILES string of the molecule is CC(C)=CCCC1(C)C=Cc2c(O)c3c(c(CC=C(C)C)c2O1)OC12C4=C3NC(N)=C(C#N)C4C(CC1C(C)C)C(=O)C2(O)C/C=C(/C)C(=O)NCCO. The Hall–Kier alpha value is -4.79. The van der Waals surface area contributed by atoms with Crippen LogP contribution in [0.1, 0.15) is 97.8 Å². The van der Waals surface area contributed by atoms with Crippen LogP contribution in [-0.4, -0.2) is 57.0 Å². The van der Waals surface area contributed by atoms with Crippen molar-refractivity contribution in [1.29, 1.82) is 5.26 Å². The van der Waals surface area contributed by atoms with E-state index in [1.807, 2.05) is 52.8 Å². The number of benzene rings is 1. The number of fused-ring (bicyclic) bond motifs is 5. The van der Waals surface area contributed by atoms with Crippen LogP contribution in [0.5, 0.6) is 17.2 Å². The van der Waals surface area contributed by atoms with Gasteiger partial charge in [0, 0.05) is 47.4 Å².